The van der Waals surface area contributed by atoms with Crippen molar-refractivity contribution < 1.29 is 28.6 Å². The maximum absolute atomic E-state index is 13.4. The van der Waals surface area contributed by atoms with E-state index in [-0.39, 0.29) is 18.2 Å². The Hall–Kier alpha value is -3.56. The molecule has 2 aromatic rings. The first-order valence-electron chi connectivity index (χ1n) is 13.2. The Balaban J connectivity index is 1.88. The van der Waals surface area contributed by atoms with Crippen LogP contribution in [0, 0.1) is 11.8 Å². The molecule has 1 aliphatic carbocycles. The number of nitrogens with zero attached hydrogens (tertiary/aromatic N) is 2. The average Bonchev–Trinajstić information content (AvgIpc) is 3.34. The van der Waals surface area contributed by atoms with Gasteiger partial charge in [-0.05, 0) is 36.5 Å². The van der Waals surface area contributed by atoms with Crippen LogP contribution >= 0.6 is 0 Å². The maximum Gasteiger partial charge on any atom is 0.325 e. The van der Waals surface area contributed by atoms with Crippen LogP contribution in [-0.4, -0.2) is 61.5 Å². The fourth-order valence-electron chi connectivity index (χ4n) is 4.81. The Morgan fingerprint density at radius 2 is 1.79 bits per heavy atom. The topological polar surface area (TPSA) is 121 Å². The minimum Gasteiger partial charge on any atom is -0.497 e. The van der Waals surface area contributed by atoms with Crippen LogP contribution in [0.3, 0.4) is 0 Å². The molecule has 0 aliphatic heterocycles. The molecular weight excluding hydrogens is 488 g/mol. The van der Waals surface area contributed by atoms with Gasteiger partial charge in [-0.2, -0.15) is 5.10 Å². The van der Waals surface area contributed by atoms with Crippen LogP contribution in [-0.2, 0) is 20.9 Å². The van der Waals surface area contributed by atoms with Crippen LogP contribution in [0.25, 0.3) is 11.3 Å². The zero-order chi connectivity index (χ0) is 27.7. The Morgan fingerprint density at radius 3 is 2.42 bits per heavy atom. The molecule has 1 aromatic heterocycles. The molecule has 1 saturated carbocycles. The van der Waals surface area contributed by atoms with E-state index in [0.717, 1.165) is 36.9 Å². The number of carbonyl (C=O) groups is 3. The number of amides is 2. The van der Waals surface area contributed by atoms with Crippen LogP contribution in [0.5, 0.6) is 11.5 Å². The molecule has 1 aromatic carbocycles. The molecule has 38 heavy (non-hydrogen) atoms. The normalized spacial score (nSPS) is 14.6. The highest BCUT2D eigenvalue weighted by Gasteiger charge is 2.28. The van der Waals surface area contributed by atoms with Crippen molar-refractivity contribution in [2.24, 2.45) is 11.8 Å². The first-order valence-corrected chi connectivity index (χ1v) is 13.2. The van der Waals surface area contributed by atoms with Gasteiger partial charge < -0.3 is 24.8 Å². The lowest BCUT2D eigenvalue weighted by Gasteiger charge is -2.26. The third kappa shape index (κ3) is 7.72. The van der Waals surface area contributed by atoms with Gasteiger partial charge in [0.1, 0.15) is 24.1 Å². The molecule has 10 heteroatoms. The number of hydrogen-bond acceptors (Lipinski definition) is 7. The number of carbonyl (C=O) groups excluding carboxylic acids is 3. The lowest BCUT2D eigenvalue weighted by molar-refractivity contribution is -0.141. The van der Waals surface area contributed by atoms with Crippen LogP contribution in [0.2, 0.25) is 0 Å². The lowest BCUT2D eigenvalue weighted by Crippen LogP contribution is -2.49. The summed E-state index contributed by atoms with van der Waals surface area (Å²) in [5.41, 5.74) is 1.70. The Morgan fingerprint density at radius 1 is 1.05 bits per heavy atom. The van der Waals surface area contributed by atoms with Gasteiger partial charge in [0.25, 0.3) is 5.91 Å². The van der Waals surface area contributed by atoms with Gasteiger partial charge in [-0.3, -0.25) is 19.1 Å². The van der Waals surface area contributed by atoms with E-state index in [0.29, 0.717) is 30.4 Å². The van der Waals surface area contributed by atoms with Gasteiger partial charge in [-0.1, -0.05) is 46.0 Å². The molecule has 2 amide bonds. The number of aromatic nitrogens is 2. The molecule has 1 unspecified atom stereocenters. The smallest absolute Gasteiger partial charge is 0.325 e. The fraction of sp³-hybridized carbons (Fsp3) is 0.571. The predicted octanol–water partition coefficient (Wildman–Crippen LogP) is 3.58. The second-order valence-corrected chi connectivity index (χ2v) is 10.1. The molecule has 10 nitrogen and oxygen atoms in total. The van der Waals surface area contributed by atoms with E-state index in [1.165, 1.54) is 13.5 Å². The number of nitrogens with one attached hydrogen (secondary N) is 2. The molecule has 1 aliphatic rings. The zero-order valence-corrected chi connectivity index (χ0v) is 23.0. The van der Waals surface area contributed by atoms with E-state index in [2.05, 4.69) is 34.3 Å². The quantitative estimate of drug-likeness (QED) is 0.404. The van der Waals surface area contributed by atoms with E-state index in [4.69, 9.17) is 9.47 Å². The number of ether oxygens (including phenoxy) is 3. The van der Waals surface area contributed by atoms with Gasteiger partial charge in [-0.15, -0.1) is 0 Å². The predicted molar refractivity (Wildman–Crippen MR) is 143 cm³/mol. The van der Waals surface area contributed by atoms with Gasteiger partial charge in [0, 0.05) is 18.2 Å². The minimum atomic E-state index is -0.788. The van der Waals surface area contributed by atoms with Crippen LogP contribution in [0.15, 0.2) is 24.3 Å². The highest BCUT2D eigenvalue weighted by Crippen LogP contribution is 2.34. The molecule has 0 spiro atoms. The number of rotatable bonds is 12. The van der Waals surface area contributed by atoms with Crippen molar-refractivity contribution in [3.8, 4) is 22.8 Å². The summed E-state index contributed by atoms with van der Waals surface area (Å²) in [6.07, 6.45) is 5.95. The summed E-state index contributed by atoms with van der Waals surface area (Å²) in [4.78, 5) is 38.0. The first kappa shape index (κ1) is 29.0. The summed E-state index contributed by atoms with van der Waals surface area (Å²) in [7, 11) is 4.43. The number of methoxy groups -OCH3 is 3. The molecular formula is C28H40N4O6. The summed E-state index contributed by atoms with van der Waals surface area (Å²) in [6.45, 7) is 4.48. The van der Waals surface area contributed by atoms with Crippen molar-refractivity contribution in [3.05, 3.63) is 30.0 Å². The van der Waals surface area contributed by atoms with Gasteiger partial charge in [0.05, 0.1) is 27.0 Å². The third-order valence-electron chi connectivity index (χ3n) is 6.79. The van der Waals surface area contributed by atoms with Gasteiger partial charge >= 0.3 is 5.97 Å². The standard InChI is InChI=1S/C28H40N4O6/c1-18(2)17-32-24(21-12-11-20(36-3)14-25(21)37-4)15-23(31-32)28(35)30-22(13-19-9-7-6-8-10-19)27(34)29-16-26(33)38-5/h11-12,14-15,18-19,22H,6-10,13,16-17H2,1-5H3,(H,29,34)(H,30,35). The molecule has 1 atom stereocenters. The van der Waals surface area contributed by atoms with Crippen molar-refractivity contribution in [1.29, 1.82) is 0 Å². The van der Waals surface area contributed by atoms with E-state index < -0.39 is 23.8 Å². The highest BCUT2D eigenvalue weighted by atomic mass is 16.5. The lowest BCUT2D eigenvalue weighted by atomic mass is 9.84. The second kappa shape index (κ2) is 13.8. The van der Waals surface area contributed by atoms with E-state index >= 15 is 0 Å². The van der Waals surface area contributed by atoms with Crippen molar-refractivity contribution in [3.63, 3.8) is 0 Å². The average molecular weight is 529 g/mol. The second-order valence-electron chi connectivity index (χ2n) is 10.1. The van der Waals surface area contributed by atoms with Crippen molar-refractivity contribution in [2.75, 3.05) is 27.9 Å². The van der Waals surface area contributed by atoms with E-state index in [1.807, 2.05) is 12.1 Å². The Bertz CT molecular complexity index is 1110. The van der Waals surface area contributed by atoms with Gasteiger partial charge in [0.2, 0.25) is 5.91 Å². The summed E-state index contributed by atoms with van der Waals surface area (Å²) in [5, 5.41) is 10.1. The van der Waals surface area contributed by atoms with Crippen LogP contribution in [0.4, 0.5) is 0 Å². The Kier molecular flexibility index (Phi) is 10.6. The zero-order valence-electron chi connectivity index (χ0n) is 23.0. The van der Waals surface area contributed by atoms with Crippen molar-refractivity contribution in [1.82, 2.24) is 20.4 Å². The molecule has 2 N–H and O–H groups in total. The highest BCUT2D eigenvalue weighted by molar-refractivity contribution is 5.97. The Labute approximate surface area is 224 Å². The van der Waals surface area contributed by atoms with Gasteiger partial charge in [0.15, 0.2) is 5.69 Å². The van der Waals surface area contributed by atoms with Crippen molar-refractivity contribution in [2.45, 2.75) is 65.0 Å². The molecule has 208 valence electrons. The number of benzene rings is 1. The van der Waals surface area contributed by atoms with Crippen LogP contribution in [0.1, 0.15) is 62.9 Å². The van der Waals surface area contributed by atoms with E-state index in [9.17, 15) is 14.4 Å². The van der Waals surface area contributed by atoms with E-state index in [1.54, 1.807) is 31.0 Å². The summed E-state index contributed by atoms with van der Waals surface area (Å²) in [6, 6.07) is 6.42. The fourth-order valence-corrected chi connectivity index (χ4v) is 4.81. The number of esters is 1. The summed E-state index contributed by atoms with van der Waals surface area (Å²) < 4.78 is 17.3. The minimum absolute atomic E-state index is 0.202. The SMILES string of the molecule is COC(=O)CNC(=O)C(CC1CCCCC1)NC(=O)c1cc(-c2ccc(OC)cc2OC)n(CC(C)C)n1. The first-order chi connectivity index (χ1) is 18.2. The molecule has 1 fully saturated rings. The van der Waals surface area contributed by atoms with Crippen LogP contribution < -0.4 is 20.1 Å². The molecule has 1 heterocycles. The van der Waals surface area contributed by atoms with Gasteiger partial charge in [-0.25, -0.2) is 0 Å². The molecule has 0 saturated heterocycles. The largest absolute Gasteiger partial charge is 0.497 e. The molecule has 3 rings (SSSR count). The molecule has 0 radical (unpaired) electrons. The summed E-state index contributed by atoms with van der Waals surface area (Å²) >= 11 is 0. The third-order valence-corrected chi connectivity index (χ3v) is 6.79. The monoisotopic (exact) mass is 528 g/mol. The van der Waals surface area contributed by atoms with Crippen molar-refractivity contribution >= 4 is 17.8 Å². The maximum atomic E-state index is 13.4. The number of hydrogen-bond donors (Lipinski definition) is 2. The molecule has 0 bridgehead atoms. The summed E-state index contributed by atoms with van der Waals surface area (Å²) in [5.74, 6) is 0.447.